The van der Waals surface area contributed by atoms with Crippen molar-refractivity contribution in [3.05, 3.63) is 24.0 Å². The van der Waals surface area contributed by atoms with E-state index in [4.69, 9.17) is 14.2 Å². The molecular weight excluding hydrogens is 374 g/mol. The molecule has 29 heavy (non-hydrogen) atoms. The Hall–Kier alpha value is -2.84. The van der Waals surface area contributed by atoms with Gasteiger partial charge >= 0.3 is 6.09 Å². The van der Waals surface area contributed by atoms with Gasteiger partial charge in [0, 0.05) is 13.1 Å². The quantitative estimate of drug-likeness (QED) is 0.778. The van der Waals surface area contributed by atoms with Crippen molar-refractivity contribution in [1.29, 1.82) is 0 Å². The minimum atomic E-state index is -0.629. The molecular formula is C20H27N5O4. The fraction of sp³-hybridized carbons (Fsp3) is 0.600. The molecule has 1 fully saturated rings. The Morgan fingerprint density at radius 1 is 1.28 bits per heavy atom. The summed E-state index contributed by atoms with van der Waals surface area (Å²) in [4.78, 5) is 14.3. The molecule has 2 heterocycles. The summed E-state index contributed by atoms with van der Waals surface area (Å²) < 4.78 is 18.3. The third kappa shape index (κ3) is 3.49. The molecule has 1 amide bonds. The van der Waals surface area contributed by atoms with Crippen molar-refractivity contribution >= 4 is 6.09 Å². The molecule has 0 saturated heterocycles. The van der Waals surface area contributed by atoms with Gasteiger partial charge in [-0.3, -0.25) is 4.90 Å². The number of hydrogen-bond donors (Lipinski definition) is 0. The number of hydrogen-bond acceptors (Lipinski definition) is 7. The first-order chi connectivity index (χ1) is 14.0. The minimum absolute atomic E-state index is 0.322. The van der Waals surface area contributed by atoms with Crippen molar-refractivity contribution in [2.45, 2.75) is 45.1 Å². The third-order valence-corrected chi connectivity index (χ3v) is 5.94. The number of fused-ring (bicyclic) bond motifs is 1. The highest BCUT2D eigenvalue weighted by atomic mass is 16.6. The Morgan fingerprint density at radius 2 is 2.00 bits per heavy atom. The van der Waals surface area contributed by atoms with Gasteiger partial charge < -0.3 is 14.2 Å². The predicted molar refractivity (Wildman–Crippen MR) is 104 cm³/mol. The number of carbonyl (C=O) groups excluding carboxylic acids is 1. The smallest absolute Gasteiger partial charge is 0.410 e. The number of tetrazole rings is 1. The van der Waals surface area contributed by atoms with Crippen LogP contribution in [0.4, 0.5) is 4.79 Å². The summed E-state index contributed by atoms with van der Waals surface area (Å²) in [5.41, 5.74) is 0.139. The average Bonchev–Trinajstić information content (AvgIpc) is 3.24. The molecule has 0 N–H and O–H groups in total. The van der Waals surface area contributed by atoms with Crippen molar-refractivity contribution in [2.75, 3.05) is 26.9 Å². The van der Waals surface area contributed by atoms with Crippen molar-refractivity contribution in [2.24, 2.45) is 5.92 Å². The van der Waals surface area contributed by atoms with Gasteiger partial charge in [0.2, 0.25) is 0 Å². The first-order valence-electron chi connectivity index (χ1n) is 10.1. The lowest BCUT2D eigenvalue weighted by Gasteiger charge is -2.44. The Balaban J connectivity index is 1.75. The topological polar surface area (TPSA) is 91.6 Å². The number of rotatable bonds is 4. The molecule has 156 valence electrons. The first-order valence-corrected chi connectivity index (χ1v) is 10.1. The van der Waals surface area contributed by atoms with E-state index in [0.717, 1.165) is 31.4 Å². The van der Waals surface area contributed by atoms with Crippen molar-refractivity contribution < 1.29 is 19.0 Å². The molecule has 1 aliphatic carbocycles. The SMILES string of the molecule is CCOC(=O)N(C)C1(c2nnnn2-c2ccc3c(c2)OCCO3)CCC(C)CC1. The van der Waals surface area contributed by atoms with E-state index in [1.54, 1.807) is 23.6 Å². The van der Waals surface area contributed by atoms with E-state index in [-0.39, 0.29) is 6.09 Å². The Labute approximate surface area is 169 Å². The zero-order chi connectivity index (χ0) is 20.4. The van der Waals surface area contributed by atoms with Crippen LogP contribution in [0.25, 0.3) is 5.69 Å². The summed E-state index contributed by atoms with van der Waals surface area (Å²) in [6.45, 7) is 5.40. The van der Waals surface area contributed by atoms with Crippen LogP contribution in [-0.4, -0.2) is 58.1 Å². The summed E-state index contributed by atoms with van der Waals surface area (Å²) >= 11 is 0. The van der Waals surface area contributed by atoms with Crippen LogP contribution in [0.5, 0.6) is 11.5 Å². The highest BCUT2D eigenvalue weighted by Gasteiger charge is 2.46. The minimum Gasteiger partial charge on any atom is -0.486 e. The lowest BCUT2D eigenvalue weighted by atomic mass is 9.75. The van der Waals surface area contributed by atoms with Crippen molar-refractivity contribution in [3.63, 3.8) is 0 Å². The highest BCUT2D eigenvalue weighted by molar-refractivity contribution is 5.68. The molecule has 0 radical (unpaired) electrons. The van der Waals surface area contributed by atoms with Gasteiger partial charge in [-0.2, -0.15) is 4.68 Å². The molecule has 1 saturated carbocycles. The molecule has 4 rings (SSSR count). The van der Waals surface area contributed by atoms with Gasteiger partial charge in [0.1, 0.15) is 18.8 Å². The molecule has 0 atom stereocenters. The highest BCUT2D eigenvalue weighted by Crippen LogP contribution is 2.43. The molecule has 1 aromatic carbocycles. The monoisotopic (exact) mass is 401 g/mol. The van der Waals surface area contributed by atoms with Gasteiger partial charge in [-0.25, -0.2) is 4.79 Å². The molecule has 1 aromatic heterocycles. The van der Waals surface area contributed by atoms with Crippen LogP contribution in [0.2, 0.25) is 0 Å². The van der Waals surface area contributed by atoms with Crippen molar-refractivity contribution in [3.8, 4) is 17.2 Å². The number of carbonyl (C=O) groups is 1. The van der Waals surface area contributed by atoms with E-state index < -0.39 is 5.54 Å². The summed E-state index contributed by atoms with van der Waals surface area (Å²) in [6, 6.07) is 5.63. The van der Waals surface area contributed by atoms with E-state index in [0.29, 0.717) is 43.1 Å². The maximum absolute atomic E-state index is 12.7. The Bertz CT molecular complexity index is 876. The molecule has 0 spiro atoms. The van der Waals surface area contributed by atoms with Gasteiger partial charge in [0.15, 0.2) is 17.3 Å². The second-order valence-electron chi connectivity index (χ2n) is 7.71. The average molecular weight is 401 g/mol. The number of amides is 1. The van der Waals surface area contributed by atoms with E-state index in [1.165, 1.54) is 0 Å². The zero-order valence-corrected chi connectivity index (χ0v) is 17.1. The lowest BCUT2D eigenvalue weighted by molar-refractivity contribution is 0.0311. The molecule has 2 aromatic rings. The molecule has 1 aliphatic heterocycles. The van der Waals surface area contributed by atoms with Gasteiger partial charge in [-0.15, -0.1) is 5.10 Å². The molecule has 2 aliphatic rings. The molecule has 9 nitrogen and oxygen atoms in total. The second kappa shape index (κ2) is 7.88. The summed E-state index contributed by atoms with van der Waals surface area (Å²) in [7, 11) is 1.77. The lowest BCUT2D eigenvalue weighted by Crippen LogP contribution is -2.51. The van der Waals surface area contributed by atoms with Gasteiger partial charge in [-0.05, 0) is 61.1 Å². The first kappa shape index (κ1) is 19.5. The van der Waals surface area contributed by atoms with Crippen LogP contribution in [0.3, 0.4) is 0 Å². The number of ether oxygens (including phenoxy) is 3. The van der Waals surface area contributed by atoms with Gasteiger partial charge in [0.25, 0.3) is 0 Å². The fourth-order valence-electron chi connectivity index (χ4n) is 4.16. The Morgan fingerprint density at radius 3 is 2.72 bits per heavy atom. The van der Waals surface area contributed by atoms with Crippen LogP contribution in [0.1, 0.15) is 45.4 Å². The van der Waals surface area contributed by atoms with Crippen LogP contribution in [0, 0.1) is 5.92 Å². The van der Waals surface area contributed by atoms with Crippen LogP contribution < -0.4 is 9.47 Å². The van der Waals surface area contributed by atoms with E-state index >= 15 is 0 Å². The normalized spacial score (nSPS) is 23.5. The maximum atomic E-state index is 12.7. The van der Waals surface area contributed by atoms with Crippen molar-refractivity contribution in [1.82, 2.24) is 25.1 Å². The standard InChI is InChI=1S/C20H27N5O4/c1-4-27-19(26)24(3)20(9-7-14(2)8-10-20)18-21-22-23-25(18)15-5-6-16-17(13-15)29-12-11-28-16/h5-6,13-14H,4,7-12H2,1-3H3. The summed E-state index contributed by atoms with van der Waals surface area (Å²) in [6.07, 6.45) is 3.15. The number of nitrogens with zero attached hydrogens (tertiary/aromatic N) is 5. The largest absolute Gasteiger partial charge is 0.486 e. The van der Waals surface area contributed by atoms with Gasteiger partial charge in [0.05, 0.1) is 12.3 Å². The third-order valence-electron chi connectivity index (χ3n) is 5.94. The summed E-state index contributed by atoms with van der Waals surface area (Å²) in [5, 5.41) is 12.6. The number of aromatic nitrogens is 4. The van der Waals surface area contributed by atoms with Gasteiger partial charge in [-0.1, -0.05) is 6.92 Å². The van der Waals surface area contributed by atoms with E-state index in [1.807, 2.05) is 18.2 Å². The zero-order valence-electron chi connectivity index (χ0n) is 17.1. The predicted octanol–water partition coefficient (Wildman–Crippen LogP) is 2.93. The second-order valence-corrected chi connectivity index (χ2v) is 7.71. The molecule has 9 heteroatoms. The van der Waals surface area contributed by atoms with E-state index in [9.17, 15) is 4.79 Å². The van der Waals surface area contributed by atoms with Crippen LogP contribution in [0.15, 0.2) is 18.2 Å². The summed E-state index contributed by atoms with van der Waals surface area (Å²) in [5.74, 6) is 2.61. The number of benzene rings is 1. The van der Waals surface area contributed by atoms with Crippen LogP contribution >= 0.6 is 0 Å². The molecule has 0 unspecified atom stereocenters. The fourth-order valence-corrected chi connectivity index (χ4v) is 4.16. The van der Waals surface area contributed by atoms with Crippen LogP contribution in [-0.2, 0) is 10.3 Å². The van der Waals surface area contributed by atoms with E-state index in [2.05, 4.69) is 22.4 Å². The molecule has 0 bridgehead atoms. The Kier molecular flexibility index (Phi) is 5.29. The maximum Gasteiger partial charge on any atom is 0.410 e.